The molecule has 0 saturated carbocycles. The molecule has 3 rings (SSSR count). The number of aliphatic imine (C=N–C) groups is 1. The summed E-state index contributed by atoms with van der Waals surface area (Å²) in [6.07, 6.45) is 4.04. The Balaban J connectivity index is 0.00000300. The lowest BCUT2D eigenvalue weighted by molar-refractivity contribution is -0.0320. The van der Waals surface area contributed by atoms with Crippen LogP contribution in [0.4, 0.5) is 14.5 Å². The van der Waals surface area contributed by atoms with E-state index in [1.54, 1.807) is 7.05 Å². The number of hydrogen-bond donors (Lipinski definition) is 2. The Kier molecular flexibility index (Phi) is 10.4. The highest BCUT2D eigenvalue weighted by Crippen LogP contribution is 2.24. The summed E-state index contributed by atoms with van der Waals surface area (Å²) in [6, 6.07) is 3.88. The molecule has 0 bridgehead atoms. The Bertz CT molecular complexity index is 659. The van der Waals surface area contributed by atoms with Gasteiger partial charge in [0, 0.05) is 58.6 Å². The van der Waals surface area contributed by atoms with Gasteiger partial charge in [-0.3, -0.25) is 4.99 Å². The largest absolute Gasteiger partial charge is 0.381 e. The molecule has 0 radical (unpaired) electrons. The molecular weight excluding hydrogens is 493 g/mol. The summed E-state index contributed by atoms with van der Waals surface area (Å²) in [6.45, 7) is 4.44. The van der Waals surface area contributed by atoms with Crippen molar-refractivity contribution < 1.29 is 18.3 Å². The van der Waals surface area contributed by atoms with E-state index in [4.69, 9.17) is 9.47 Å². The molecule has 1 atom stereocenters. The van der Waals surface area contributed by atoms with Crippen LogP contribution in [0.25, 0.3) is 0 Å². The van der Waals surface area contributed by atoms with E-state index in [0.717, 1.165) is 70.6 Å². The summed E-state index contributed by atoms with van der Waals surface area (Å²) in [5, 5.41) is 6.68. The first kappa shape index (κ1) is 24.1. The second-order valence-corrected chi connectivity index (χ2v) is 7.21. The van der Waals surface area contributed by atoms with Crippen molar-refractivity contribution in [1.29, 1.82) is 0 Å². The van der Waals surface area contributed by atoms with Crippen LogP contribution >= 0.6 is 24.0 Å². The molecule has 2 N–H and O–H groups in total. The quantitative estimate of drug-likeness (QED) is 0.249. The molecule has 29 heavy (non-hydrogen) atoms. The summed E-state index contributed by atoms with van der Waals surface area (Å²) >= 11 is 0. The first-order valence-corrected chi connectivity index (χ1v) is 10.0. The van der Waals surface area contributed by atoms with Crippen LogP contribution < -0.4 is 15.5 Å². The highest BCUT2D eigenvalue weighted by molar-refractivity contribution is 14.0. The van der Waals surface area contributed by atoms with Gasteiger partial charge in [-0.05, 0) is 37.8 Å². The van der Waals surface area contributed by atoms with Crippen molar-refractivity contribution in [2.75, 3.05) is 51.4 Å². The van der Waals surface area contributed by atoms with Crippen LogP contribution in [0.3, 0.4) is 0 Å². The number of anilines is 1. The van der Waals surface area contributed by atoms with E-state index in [1.807, 2.05) is 4.90 Å². The second kappa shape index (κ2) is 12.5. The van der Waals surface area contributed by atoms with Crippen molar-refractivity contribution in [2.24, 2.45) is 4.99 Å². The van der Waals surface area contributed by atoms with Crippen LogP contribution in [0, 0.1) is 11.6 Å². The first-order valence-electron chi connectivity index (χ1n) is 10.0. The van der Waals surface area contributed by atoms with Crippen LogP contribution in [0.5, 0.6) is 0 Å². The molecule has 0 amide bonds. The Labute approximate surface area is 188 Å². The fourth-order valence-corrected chi connectivity index (χ4v) is 3.59. The zero-order chi connectivity index (χ0) is 19.8. The Morgan fingerprint density at radius 3 is 2.79 bits per heavy atom. The Hall–Kier alpha value is -1.20. The standard InChI is InChI=1S/C20H30F2N4O2.HI/c1-23-20(24-8-2-10-28-17-6-11-27-12-7-17)25-16-5-9-26(14-16)19-4-3-15(21)13-18(19)22;/h3-4,13,16-17H,2,5-12,14H2,1H3,(H2,23,24,25);1H. The third kappa shape index (κ3) is 7.53. The van der Waals surface area contributed by atoms with Gasteiger partial charge in [-0.15, -0.1) is 24.0 Å². The third-order valence-electron chi connectivity index (χ3n) is 5.14. The predicted octanol–water partition coefficient (Wildman–Crippen LogP) is 2.91. The lowest BCUT2D eigenvalue weighted by Crippen LogP contribution is -2.45. The minimum Gasteiger partial charge on any atom is -0.381 e. The molecule has 0 aliphatic carbocycles. The Morgan fingerprint density at radius 1 is 1.28 bits per heavy atom. The summed E-state index contributed by atoms with van der Waals surface area (Å²) in [5.41, 5.74) is 0.443. The van der Waals surface area contributed by atoms with E-state index in [2.05, 4.69) is 15.6 Å². The number of halogens is 3. The fourth-order valence-electron chi connectivity index (χ4n) is 3.59. The smallest absolute Gasteiger partial charge is 0.191 e. The lowest BCUT2D eigenvalue weighted by Gasteiger charge is -2.22. The van der Waals surface area contributed by atoms with Crippen molar-refractivity contribution >= 4 is 35.6 Å². The van der Waals surface area contributed by atoms with E-state index in [9.17, 15) is 8.78 Å². The van der Waals surface area contributed by atoms with Crippen molar-refractivity contribution in [1.82, 2.24) is 10.6 Å². The predicted molar refractivity (Wildman–Crippen MR) is 121 cm³/mol. The van der Waals surface area contributed by atoms with Gasteiger partial charge >= 0.3 is 0 Å². The van der Waals surface area contributed by atoms with Gasteiger partial charge < -0.3 is 25.0 Å². The van der Waals surface area contributed by atoms with E-state index in [0.29, 0.717) is 18.3 Å². The van der Waals surface area contributed by atoms with Crippen LogP contribution in [-0.2, 0) is 9.47 Å². The monoisotopic (exact) mass is 524 g/mol. The topological polar surface area (TPSA) is 58.1 Å². The van der Waals surface area contributed by atoms with E-state index in [1.165, 1.54) is 12.1 Å². The third-order valence-corrected chi connectivity index (χ3v) is 5.14. The maximum absolute atomic E-state index is 14.0. The van der Waals surface area contributed by atoms with Crippen LogP contribution in [-0.4, -0.2) is 64.6 Å². The second-order valence-electron chi connectivity index (χ2n) is 7.21. The Morgan fingerprint density at radius 2 is 2.07 bits per heavy atom. The maximum atomic E-state index is 14.0. The van der Waals surface area contributed by atoms with Crippen molar-refractivity contribution in [2.45, 2.75) is 37.8 Å². The number of nitrogens with one attached hydrogen (secondary N) is 2. The minimum absolute atomic E-state index is 0. The van der Waals surface area contributed by atoms with Crippen molar-refractivity contribution in [3.05, 3.63) is 29.8 Å². The normalized spacial score (nSPS) is 20.4. The van der Waals surface area contributed by atoms with E-state index in [-0.39, 0.29) is 30.0 Å². The zero-order valence-electron chi connectivity index (χ0n) is 16.8. The highest BCUT2D eigenvalue weighted by atomic mass is 127. The molecule has 2 saturated heterocycles. The summed E-state index contributed by atoms with van der Waals surface area (Å²) in [5.74, 6) is -0.342. The van der Waals surface area contributed by atoms with Gasteiger partial charge in [-0.2, -0.15) is 0 Å². The molecule has 2 fully saturated rings. The minimum atomic E-state index is -0.555. The molecule has 164 valence electrons. The lowest BCUT2D eigenvalue weighted by atomic mass is 10.1. The van der Waals surface area contributed by atoms with Crippen LogP contribution in [0.2, 0.25) is 0 Å². The van der Waals surface area contributed by atoms with Gasteiger partial charge in [-0.1, -0.05) is 0 Å². The SMILES string of the molecule is CN=C(NCCCOC1CCOCC1)NC1CCN(c2ccc(F)cc2F)C1.I. The molecule has 6 nitrogen and oxygen atoms in total. The molecule has 1 unspecified atom stereocenters. The molecular formula is C20H31F2IN4O2. The molecule has 1 aromatic carbocycles. The first-order chi connectivity index (χ1) is 13.7. The molecule has 2 heterocycles. The van der Waals surface area contributed by atoms with E-state index < -0.39 is 11.6 Å². The zero-order valence-corrected chi connectivity index (χ0v) is 19.2. The summed E-state index contributed by atoms with van der Waals surface area (Å²) < 4.78 is 38.3. The molecule has 9 heteroatoms. The van der Waals surface area contributed by atoms with Gasteiger partial charge in [0.05, 0.1) is 11.8 Å². The van der Waals surface area contributed by atoms with Crippen LogP contribution in [0.15, 0.2) is 23.2 Å². The maximum Gasteiger partial charge on any atom is 0.191 e. The molecule has 2 aliphatic heterocycles. The molecule has 2 aliphatic rings. The van der Waals surface area contributed by atoms with Gasteiger partial charge in [-0.25, -0.2) is 8.78 Å². The average molecular weight is 524 g/mol. The van der Waals surface area contributed by atoms with Gasteiger partial charge in [0.25, 0.3) is 0 Å². The summed E-state index contributed by atoms with van der Waals surface area (Å²) in [7, 11) is 1.74. The molecule has 0 aromatic heterocycles. The molecule has 1 aromatic rings. The number of nitrogens with zero attached hydrogens (tertiary/aromatic N) is 2. The van der Waals surface area contributed by atoms with Crippen LogP contribution in [0.1, 0.15) is 25.7 Å². The van der Waals surface area contributed by atoms with Crippen molar-refractivity contribution in [3.63, 3.8) is 0 Å². The van der Waals surface area contributed by atoms with Gasteiger partial charge in [0.2, 0.25) is 0 Å². The van der Waals surface area contributed by atoms with Gasteiger partial charge in [0.15, 0.2) is 5.96 Å². The van der Waals surface area contributed by atoms with Gasteiger partial charge in [0.1, 0.15) is 11.6 Å². The van der Waals surface area contributed by atoms with E-state index >= 15 is 0 Å². The highest BCUT2D eigenvalue weighted by Gasteiger charge is 2.25. The number of guanidine groups is 1. The number of ether oxygens (including phenoxy) is 2. The number of hydrogen-bond acceptors (Lipinski definition) is 4. The number of rotatable bonds is 7. The molecule has 0 spiro atoms. The number of benzene rings is 1. The average Bonchev–Trinajstić information content (AvgIpc) is 3.15. The fraction of sp³-hybridized carbons (Fsp3) is 0.650. The summed E-state index contributed by atoms with van der Waals surface area (Å²) in [4.78, 5) is 6.19. The van der Waals surface area contributed by atoms with Crippen molar-refractivity contribution in [3.8, 4) is 0 Å².